The lowest BCUT2D eigenvalue weighted by Gasteiger charge is -2.09. The van der Waals surface area contributed by atoms with Crippen molar-refractivity contribution < 1.29 is 13.6 Å². The van der Waals surface area contributed by atoms with E-state index in [-0.39, 0.29) is 18.1 Å². The minimum Gasteiger partial charge on any atom is -0.374 e. The predicted molar refractivity (Wildman–Crippen MR) is 74.7 cm³/mol. The average Bonchev–Trinajstić information content (AvgIpc) is 2.40. The molecule has 2 aromatic carbocycles. The zero-order chi connectivity index (χ0) is 14.5. The van der Waals surface area contributed by atoms with Gasteiger partial charge >= 0.3 is 0 Å². The number of halogens is 2. The minimum atomic E-state index is -0.990. The van der Waals surface area contributed by atoms with Gasteiger partial charge in [-0.05, 0) is 36.8 Å². The summed E-state index contributed by atoms with van der Waals surface area (Å²) in [5.41, 5.74) is 1.65. The van der Waals surface area contributed by atoms with Gasteiger partial charge in [-0.2, -0.15) is 0 Å². The van der Waals surface area contributed by atoms with Crippen molar-refractivity contribution in [3.63, 3.8) is 0 Å². The van der Waals surface area contributed by atoms with Crippen molar-refractivity contribution in [1.82, 2.24) is 0 Å². The summed E-state index contributed by atoms with van der Waals surface area (Å²) in [4.78, 5) is 11.7. The molecule has 2 N–H and O–H groups in total. The Morgan fingerprint density at radius 2 is 1.90 bits per heavy atom. The molecule has 0 aliphatic heterocycles. The van der Waals surface area contributed by atoms with E-state index in [2.05, 4.69) is 10.6 Å². The van der Waals surface area contributed by atoms with Crippen LogP contribution < -0.4 is 10.6 Å². The number of carbonyl (C=O) groups excluding carboxylic acids is 1. The van der Waals surface area contributed by atoms with Gasteiger partial charge < -0.3 is 10.6 Å². The van der Waals surface area contributed by atoms with E-state index in [9.17, 15) is 13.6 Å². The third-order valence-electron chi connectivity index (χ3n) is 2.69. The summed E-state index contributed by atoms with van der Waals surface area (Å²) < 4.78 is 26.3. The second-order valence-corrected chi connectivity index (χ2v) is 4.37. The molecule has 3 nitrogen and oxygen atoms in total. The van der Waals surface area contributed by atoms with Gasteiger partial charge in [0, 0.05) is 5.69 Å². The molecule has 0 aliphatic carbocycles. The highest BCUT2D eigenvalue weighted by Gasteiger charge is 2.08. The minimum absolute atomic E-state index is 0.0376. The lowest BCUT2D eigenvalue weighted by atomic mass is 10.2. The number of anilines is 2. The van der Waals surface area contributed by atoms with Crippen molar-refractivity contribution in [2.24, 2.45) is 0 Å². The van der Waals surface area contributed by atoms with Crippen molar-refractivity contribution in [3.05, 3.63) is 59.7 Å². The molecular weight excluding hydrogens is 262 g/mol. The number of aryl methyl sites for hydroxylation is 1. The molecule has 0 spiro atoms. The molecule has 0 unspecified atom stereocenters. The van der Waals surface area contributed by atoms with E-state index in [4.69, 9.17) is 0 Å². The molecule has 0 aromatic heterocycles. The van der Waals surface area contributed by atoms with E-state index in [1.165, 1.54) is 12.1 Å². The van der Waals surface area contributed by atoms with Gasteiger partial charge in [0.25, 0.3) is 0 Å². The van der Waals surface area contributed by atoms with Crippen molar-refractivity contribution in [2.75, 3.05) is 17.2 Å². The van der Waals surface area contributed by atoms with Crippen LogP contribution in [-0.4, -0.2) is 12.5 Å². The fourth-order valence-electron chi connectivity index (χ4n) is 1.74. The van der Waals surface area contributed by atoms with Crippen LogP contribution in [0.25, 0.3) is 0 Å². The molecule has 2 aromatic rings. The summed E-state index contributed by atoms with van der Waals surface area (Å²) in [5, 5.41) is 5.23. The number of amides is 1. The second kappa shape index (κ2) is 6.14. The van der Waals surface area contributed by atoms with E-state index in [0.29, 0.717) is 5.69 Å². The van der Waals surface area contributed by atoms with Gasteiger partial charge in [0.2, 0.25) is 5.91 Å². The van der Waals surface area contributed by atoms with Crippen molar-refractivity contribution in [3.8, 4) is 0 Å². The standard InChI is InChI=1S/C15H14F2N2O/c1-10-4-2-5-11(8-10)19-14(20)9-18-13-7-3-6-12(16)15(13)17/h2-8,18H,9H2,1H3,(H,19,20). The summed E-state index contributed by atoms with van der Waals surface area (Å²) in [5.74, 6) is -2.27. The van der Waals surface area contributed by atoms with Crippen LogP contribution in [0.5, 0.6) is 0 Å². The third kappa shape index (κ3) is 3.54. The van der Waals surface area contributed by atoms with Crippen LogP contribution in [0.15, 0.2) is 42.5 Å². The maximum Gasteiger partial charge on any atom is 0.243 e. The van der Waals surface area contributed by atoms with Crippen LogP contribution >= 0.6 is 0 Å². The Morgan fingerprint density at radius 1 is 1.15 bits per heavy atom. The molecule has 2 rings (SSSR count). The largest absolute Gasteiger partial charge is 0.374 e. The maximum absolute atomic E-state index is 13.4. The van der Waals surface area contributed by atoms with Gasteiger partial charge in [0.05, 0.1) is 12.2 Å². The lowest BCUT2D eigenvalue weighted by Crippen LogP contribution is -2.22. The van der Waals surface area contributed by atoms with Gasteiger partial charge in [-0.25, -0.2) is 8.78 Å². The molecular formula is C15H14F2N2O. The molecule has 0 aliphatic rings. The molecule has 1 amide bonds. The average molecular weight is 276 g/mol. The number of hydrogen-bond donors (Lipinski definition) is 2. The molecule has 0 bridgehead atoms. The number of rotatable bonds is 4. The molecule has 20 heavy (non-hydrogen) atoms. The van der Waals surface area contributed by atoms with Gasteiger partial charge in [-0.15, -0.1) is 0 Å². The Balaban J connectivity index is 1.94. The zero-order valence-electron chi connectivity index (χ0n) is 10.9. The first kappa shape index (κ1) is 14.0. The summed E-state index contributed by atoms with van der Waals surface area (Å²) >= 11 is 0. The molecule has 0 saturated heterocycles. The topological polar surface area (TPSA) is 41.1 Å². The Labute approximate surface area is 115 Å². The molecule has 0 radical (unpaired) electrons. The quantitative estimate of drug-likeness (QED) is 0.899. The van der Waals surface area contributed by atoms with E-state index in [1.54, 1.807) is 6.07 Å². The number of hydrogen-bond acceptors (Lipinski definition) is 2. The summed E-state index contributed by atoms with van der Waals surface area (Å²) in [6.07, 6.45) is 0. The molecule has 0 saturated carbocycles. The molecule has 104 valence electrons. The zero-order valence-corrected chi connectivity index (χ0v) is 10.9. The molecule has 0 heterocycles. The predicted octanol–water partition coefficient (Wildman–Crippen LogP) is 3.32. The van der Waals surface area contributed by atoms with Crippen LogP contribution in [0.3, 0.4) is 0 Å². The van der Waals surface area contributed by atoms with E-state index in [0.717, 1.165) is 11.6 Å². The smallest absolute Gasteiger partial charge is 0.243 e. The van der Waals surface area contributed by atoms with Gasteiger partial charge in [-0.3, -0.25) is 4.79 Å². The summed E-state index contributed by atoms with van der Waals surface area (Å²) in [7, 11) is 0. The highest BCUT2D eigenvalue weighted by atomic mass is 19.2. The number of nitrogens with one attached hydrogen (secondary N) is 2. The Kier molecular flexibility index (Phi) is 4.30. The highest BCUT2D eigenvalue weighted by Crippen LogP contribution is 2.16. The third-order valence-corrected chi connectivity index (χ3v) is 2.69. The molecule has 0 atom stereocenters. The SMILES string of the molecule is Cc1cccc(NC(=O)CNc2cccc(F)c2F)c1. The van der Waals surface area contributed by atoms with Crippen LogP contribution in [0.4, 0.5) is 20.2 Å². The maximum atomic E-state index is 13.4. The van der Waals surface area contributed by atoms with Gasteiger partial charge in [-0.1, -0.05) is 18.2 Å². The summed E-state index contributed by atoms with van der Waals surface area (Å²) in [6.45, 7) is 1.77. The number of carbonyl (C=O) groups is 1. The van der Waals surface area contributed by atoms with Crippen LogP contribution in [0.2, 0.25) is 0 Å². The normalized spacial score (nSPS) is 10.2. The van der Waals surface area contributed by atoms with E-state index in [1.807, 2.05) is 25.1 Å². The lowest BCUT2D eigenvalue weighted by molar-refractivity contribution is -0.114. The highest BCUT2D eigenvalue weighted by molar-refractivity contribution is 5.93. The number of benzene rings is 2. The Bertz CT molecular complexity index is 629. The summed E-state index contributed by atoms with van der Waals surface area (Å²) in [6, 6.07) is 11.1. The fourth-order valence-corrected chi connectivity index (χ4v) is 1.74. The van der Waals surface area contributed by atoms with Crippen molar-refractivity contribution in [1.29, 1.82) is 0 Å². The first-order valence-corrected chi connectivity index (χ1v) is 6.10. The van der Waals surface area contributed by atoms with Crippen LogP contribution in [0, 0.1) is 18.6 Å². The van der Waals surface area contributed by atoms with Gasteiger partial charge in [0.15, 0.2) is 11.6 Å². The first-order chi connectivity index (χ1) is 9.56. The molecule has 0 fully saturated rings. The fraction of sp³-hybridized carbons (Fsp3) is 0.133. The van der Waals surface area contributed by atoms with Crippen LogP contribution in [-0.2, 0) is 4.79 Å². The van der Waals surface area contributed by atoms with Crippen molar-refractivity contribution >= 4 is 17.3 Å². The monoisotopic (exact) mass is 276 g/mol. The second-order valence-electron chi connectivity index (χ2n) is 4.37. The first-order valence-electron chi connectivity index (χ1n) is 6.10. The van der Waals surface area contributed by atoms with E-state index < -0.39 is 11.6 Å². The van der Waals surface area contributed by atoms with Gasteiger partial charge in [0.1, 0.15) is 0 Å². The van der Waals surface area contributed by atoms with Crippen LogP contribution in [0.1, 0.15) is 5.56 Å². The molecule has 5 heteroatoms. The Hall–Kier alpha value is -2.43. The Morgan fingerprint density at radius 3 is 2.65 bits per heavy atom. The van der Waals surface area contributed by atoms with Crippen molar-refractivity contribution in [2.45, 2.75) is 6.92 Å². The van der Waals surface area contributed by atoms with E-state index >= 15 is 0 Å².